The van der Waals surface area contributed by atoms with Crippen molar-refractivity contribution in [2.75, 3.05) is 4.90 Å². The predicted molar refractivity (Wildman–Crippen MR) is 237 cm³/mol. The van der Waals surface area contributed by atoms with Gasteiger partial charge in [0, 0.05) is 38.5 Å². The van der Waals surface area contributed by atoms with E-state index in [1.807, 2.05) is 18.2 Å². The maximum Gasteiger partial charge on any atom is 0.159 e. The molecule has 2 heterocycles. The third-order valence-corrected chi connectivity index (χ3v) is 11.1. The molecule has 3 heteroatoms. The maximum absolute atomic E-state index is 6.66. The standard InChI is InChI=1S/C54H35NO2/c1-4-14-37(15-5-1)43-32-31-42(35-48(43)39-18-8-3-9-19-39)55(50-24-13-23-46-45-20-10-11-25-51(45)57-54(46)50)41-29-26-36(27-30-41)40-28-33-52-49(34-40)47-22-12-21-44(53(47)56-52)38-16-6-2-7-17-38/h1-35H. The molecule has 0 radical (unpaired) electrons. The van der Waals surface area contributed by atoms with Crippen LogP contribution < -0.4 is 4.90 Å². The predicted octanol–water partition coefficient (Wildman–Crippen LogP) is 15.6. The minimum Gasteiger partial charge on any atom is -0.455 e. The van der Waals surface area contributed by atoms with E-state index >= 15 is 0 Å². The Bertz CT molecular complexity index is 3220. The van der Waals surface area contributed by atoms with Crippen molar-refractivity contribution < 1.29 is 8.83 Å². The summed E-state index contributed by atoms with van der Waals surface area (Å²) < 4.78 is 13.2. The van der Waals surface area contributed by atoms with Crippen molar-refractivity contribution in [1.29, 1.82) is 0 Å². The number of furan rings is 2. The van der Waals surface area contributed by atoms with Gasteiger partial charge in [-0.15, -0.1) is 0 Å². The molecule has 0 N–H and O–H groups in total. The molecule has 0 aliphatic heterocycles. The van der Waals surface area contributed by atoms with E-state index in [-0.39, 0.29) is 0 Å². The summed E-state index contributed by atoms with van der Waals surface area (Å²) >= 11 is 0. The van der Waals surface area contributed by atoms with Crippen molar-refractivity contribution in [3.8, 4) is 44.5 Å². The molecular weight excluding hydrogens is 695 g/mol. The molecule has 0 aliphatic carbocycles. The van der Waals surface area contributed by atoms with Crippen LogP contribution in [0.2, 0.25) is 0 Å². The third-order valence-electron chi connectivity index (χ3n) is 11.1. The zero-order valence-corrected chi connectivity index (χ0v) is 31.0. The van der Waals surface area contributed by atoms with Gasteiger partial charge in [-0.25, -0.2) is 0 Å². The molecule has 11 rings (SSSR count). The van der Waals surface area contributed by atoms with Crippen LogP contribution in [0.15, 0.2) is 221 Å². The van der Waals surface area contributed by atoms with E-state index < -0.39 is 0 Å². The van der Waals surface area contributed by atoms with Crippen LogP contribution in [0.3, 0.4) is 0 Å². The van der Waals surface area contributed by atoms with Gasteiger partial charge in [0.15, 0.2) is 5.58 Å². The van der Waals surface area contributed by atoms with E-state index in [0.29, 0.717) is 0 Å². The second-order valence-corrected chi connectivity index (χ2v) is 14.5. The molecule has 268 valence electrons. The van der Waals surface area contributed by atoms with E-state index in [1.165, 1.54) is 11.1 Å². The van der Waals surface area contributed by atoms with Crippen LogP contribution in [-0.2, 0) is 0 Å². The van der Waals surface area contributed by atoms with Crippen molar-refractivity contribution in [2.24, 2.45) is 0 Å². The normalized spacial score (nSPS) is 11.5. The molecule has 9 aromatic carbocycles. The van der Waals surface area contributed by atoms with E-state index in [1.54, 1.807) is 0 Å². The highest BCUT2D eigenvalue weighted by Gasteiger charge is 2.21. The minimum atomic E-state index is 0.850. The molecule has 0 spiro atoms. The summed E-state index contributed by atoms with van der Waals surface area (Å²) in [6.45, 7) is 0. The first-order chi connectivity index (χ1) is 28.3. The highest BCUT2D eigenvalue weighted by molar-refractivity contribution is 6.12. The van der Waals surface area contributed by atoms with Crippen molar-refractivity contribution >= 4 is 60.9 Å². The first kappa shape index (κ1) is 32.8. The van der Waals surface area contributed by atoms with Gasteiger partial charge < -0.3 is 13.7 Å². The molecule has 0 amide bonds. The number of nitrogens with zero attached hydrogens (tertiary/aromatic N) is 1. The largest absolute Gasteiger partial charge is 0.455 e. The second kappa shape index (κ2) is 13.6. The SMILES string of the molecule is c1ccc(-c2ccc(N(c3ccc(-c4ccc5oc6c(-c7ccccc7)cccc6c5c4)cc3)c3cccc4c3oc3ccccc34)cc2-c2ccccc2)cc1. The highest BCUT2D eigenvalue weighted by Crippen LogP contribution is 2.45. The van der Waals surface area contributed by atoms with Crippen LogP contribution in [-0.4, -0.2) is 0 Å². The molecule has 0 saturated carbocycles. The number of hydrogen-bond donors (Lipinski definition) is 0. The number of hydrogen-bond acceptors (Lipinski definition) is 3. The summed E-state index contributed by atoms with van der Waals surface area (Å²) in [5.41, 5.74) is 15.7. The van der Waals surface area contributed by atoms with Crippen LogP contribution >= 0.6 is 0 Å². The lowest BCUT2D eigenvalue weighted by atomic mass is 9.93. The summed E-state index contributed by atoms with van der Waals surface area (Å²) in [6.07, 6.45) is 0. The lowest BCUT2D eigenvalue weighted by Gasteiger charge is -2.27. The van der Waals surface area contributed by atoms with Crippen LogP contribution in [0.5, 0.6) is 0 Å². The number of rotatable bonds is 7. The Kier molecular flexibility index (Phi) is 7.82. The minimum absolute atomic E-state index is 0.850. The van der Waals surface area contributed by atoms with Gasteiger partial charge in [0.1, 0.15) is 16.7 Å². The van der Waals surface area contributed by atoms with E-state index in [2.05, 4.69) is 199 Å². The zero-order valence-electron chi connectivity index (χ0n) is 31.0. The average molecular weight is 730 g/mol. The highest BCUT2D eigenvalue weighted by atomic mass is 16.3. The van der Waals surface area contributed by atoms with Crippen LogP contribution in [0, 0.1) is 0 Å². The maximum atomic E-state index is 6.66. The smallest absolute Gasteiger partial charge is 0.159 e. The molecule has 0 saturated heterocycles. The number of benzene rings is 9. The lowest BCUT2D eigenvalue weighted by Crippen LogP contribution is -2.10. The van der Waals surface area contributed by atoms with Crippen molar-refractivity contribution in [1.82, 2.24) is 0 Å². The zero-order chi connectivity index (χ0) is 37.7. The first-order valence-corrected chi connectivity index (χ1v) is 19.3. The fourth-order valence-electron chi connectivity index (χ4n) is 8.36. The Morgan fingerprint density at radius 1 is 0.281 bits per heavy atom. The number of para-hydroxylation sites is 3. The average Bonchev–Trinajstić information content (AvgIpc) is 3.86. The van der Waals surface area contributed by atoms with Crippen molar-refractivity contribution in [3.63, 3.8) is 0 Å². The number of fused-ring (bicyclic) bond motifs is 6. The summed E-state index contributed by atoms with van der Waals surface area (Å²) in [7, 11) is 0. The van der Waals surface area contributed by atoms with E-state index in [9.17, 15) is 0 Å². The Hall–Kier alpha value is -7.62. The second-order valence-electron chi connectivity index (χ2n) is 14.5. The molecular formula is C54H35NO2. The van der Waals surface area contributed by atoms with Gasteiger partial charge in [0.25, 0.3) is 0 Å². The van der Waals surface area contributed by atoms with Crippen LogP contribution in [0.1, 0.15) is 0 Å². The topological polar surface area (TPSA) is 29.5 Å². The van der Waals surface area contributed by atoms with Gasteiger partial charge in [0.2, 0.25) is 0 Å². The fraction of sp³-hybridized carbons (Fsp3) is 0. The third kappa shape index (κ3) is 5.68. The van der Waals surface area contributed by atoms with Gasteiger partial charge in [-0.3, -0.25) is 0 Å². The van der Waals surface area contributed by atoms with Crippen molar-refractivity contribution in [2.45, 2.75) is 0 Å². The molecule has 3 nitrogen and oxygen atoms in total. The van der Waals surface area contributed by atoms with Crippen LogP contribution in [0.25, 0.3) is 88.4 Å². The van der Waals surface area contributed by atoms with Crippen molar-refractivity contribution in [3.05, 3.63) is 212 Å². The molecule has 0 atom stereocenters. The van der Waals surface area contributed by atoms with E-state index in [0.717, 1.165) is 94.3 Å². The molecule has 0 fully saturated rings. The molecule has 0 unspecified atom stereocenters. The molecule has 11 aromatic rings. The van der Waals surface area contributed by atoms with Gasteiger partial charge in [-0.05, 0) is 87.5 Å². The van der Waals surface area contributed by atoms with Crippen LogP contribution in [0.4, 0.5) is 17.1 Å². The van der Waals surface area contributed by atoms with Gasteiger partial charge in [-0.1, -0.05) is 164 Å². The summed E-state index contributed by atoms with van der Waals surface area (Å²) in [6, 6.07) is 75.0. The Labute approximate surface area is 330 Å². The molecule has 2 aromatic heterocycles. The summed E-state index contributed by atoms with van der Waals surface area (Å²) in [5.74, 6) is 0. The van der Waals surface area contributed by atoms with E-state index in [4.69, 9.17) is 8.83 Å². The summed E-state index contributed by atoms with van der Waals surface area (Å²) in [4.78, 5) is 2.33. The number of anilines is 3. The monoisotopic (exact) mass is 729 g/mol. The lowest BCUT2D eigenvalue weighted by molar-refractivity contribution is 0.669. The Balaban J connectivity index is 1.06. The Morgan fingerprint density at radius 2 is 0.825 bits per heavy atom. The first-order valence-electron chi connectivity index (χ1n) is 19.3. The van der Waals surface area contributed by atoms with Gasteiger partial charge >= 0.3 is 0 Å². The Morgan fingerprint density at radius 3 is 1.56 bits per heavy atom. The van der Waals surface area contributed by atoms with Gasteiger partial charge in [-0.2, -0.15) is 0 Å². The van der Waals surface area contributed by atoms with Gasteiger partial charge in [0.05, 0.1) is 5.69 Å². The molecule has 0 aliphatic rings. The molecule has 0 bridgehead atoms. The summed E-state index contributed by atoms with van der Waals surface area (Å²) in [5, 5.41) is 4.41. The quantitative estimate of drug-likeness (QED) is 0.164. The molecule has 57 heavy (non-hydrogen) atoms. The fourth-order valence-corrected chi connectivity index (χ4v) is 8.36.